The van der Waals surface area contributed by atoms with Gasteiger partial charge in [0.2, 0.25) is 0 Å². The Morgan fingerprint density at radius 3 is 2.78 bits per heavy atom. The van der Waals surface area contributed by atoms with E-state index in [1.54, 1.807) is 6.20 Å². The largest absolute Gasteiger partial charge is 0.320 e. The van der Waals surface area contributed by atoms with Crippen molar-refractivity contribution in [1.29, 1.82) is 0 Å². The number of carbonyl (C=O) groups excluding carboxylic acids is 1. The van der Waals surface area contributed by atoms with Gasteiger partial charge in [-0.05, 0) is 97.7 Å². The minimum atomic E-state index is -0.0481. The Bertz CT molecular complexity index is 1110. The molecule has 0 aliphatic heterocycles. The molecule has 164 valence electrons. The van der Waals surface area contributed by atoms with E-state index < -0.39 is 0 Å². The van der Waals surface area contributed by atoms with E-state index in [1.165, 1.54) is 55.2 Å². The molecule has 2 aliphatic rings. The van der Waals surface area contributed by atoms with Crippen LogP contribution in [0.1, 0.15) is 71.3 Å². The molecule has 1 aromatic heterocycles. The van der Waals surface area contributed by atoms with Gasteiger partial charge in [0.15, 0.2) is 0 Å². The summed E-state index contributed by atoms with van der Waals surface area (Å²) >= 11 is 0. The molecular formula is C29H32N2O. The van der Waals surface area contributed by atoms with Gasteiger partial charge < -0.3 is 5.32 Å². The van der Waals surface area contributed by atoms with Crippen LogP contribution in [0, 0.1) is 12.8 Å². The summed E-state index contributed by atoms with van der Waals surface area (Å²) in [6.45, 7) is 1.92. The van der Waals surface area contributed by atoms with E-state index in [0.717, 1.165) is 35.7 Å². The zero-order valence-corrected chi connectivity index (χ0v) is 18.9. The molecule has 0 radical (unpaired) electrons. The number of carbonyl (C=O) groups is 1. The van der Waals surface area contributed by atoms with Crippen molar-refractivity contribution < 1.29 is 4.79 Å². The van der Waals surface area contributed by atoms with Gasteiger partial charge in [-0.15, -0.1) is 0 Å². The molecule has 1 unspecified atom stereocenters. The molecule has 1 N–H and O–H groups in total. The molecule has 1 amide bonds. The first-order valence-corrected chi connectivity index (χ1v) is 12.1. The van der Waals surface area contributed by atoms with Crippen molar-refractivity contribution in [2.75, 3.05) is 5.32 Å². The molecule has 3 nitrogen and oxygen atoms in total. The maximum atomic E-state index is 13.0. The van der Waals surface area contributed by atoms with Crippen LogP contribution in [-0.4, -0.2) is 10.9 Å². The quantitative estimate of drug-likeness (QED) is 0.498. The fraction of sp³-hybridized carbons (Fsp3) is 0.379. The first-order valence-electron chi connectivity index (χ1n) is 12.1. The van der Waals surface area contributed by atoms with Crippen molar-refractivity contribution in [2.24, 2.45) is 5.92 Å². The lowest BCUT2D eigenvalue weighted by Crippen LogP contribution is -2.42. The van der Waals surface area contributed by atoms with Gasteiger partial charge in [-0.25, -0.2) is 0 Å². The minimum Gasteiger partial charge on any atom is -0.320 e. The molecule has 3 heteroatoms. The van der Waals surface area contributed by atoms with Crippen LogP contribution in [0.3, 0.4) is 0 Å². The maximum absolute atomic E-state index is 13.0. The van der Waals surface area contributed by atoms with Gasteiger partial charge in [0.25, 0.3) is 5.91 Å². The smallest absolute Gasteiger partial charge is 0.255 e. The normalized spacial score (nSPS) is 22.0. The lowest BCUT2D eigenvalue weighted by atomic mass is 9.55. The predicted octanol–water partition coefficient (Wildman–Crippen LogP) is 6.65. The zero-order valence-electron chi connectivity index (χ0n) is 18.9. The van der Waals surface area contributed by atoms with Crippen LogP contribution < -0.4 is 5.32 Å². The first-order chi connectivity index (χ1) is 15.7. The SMILES string of the molecule is Cc1ncccc1NC(=O)c1ccc2c(c1)CCC1CCCC[C@@]21CCc1ccccc1. The third-order valence-corrected chi connectivity index (χ3v) is 7.83. The van der Waals surface area contributed by atoms with Crippen LogP contribution >= 0.6 is 0 Å². The number of anilines is 1. The van der Waals surface area contributed by atoms with E-state index in [4.69, 9.17) is 0 Å². The number of hydrogen-bond donors (Lipinski definition) is 1. The van der Waals surface area contributed by atoms with Crippen molar-refractivity contribution in [3.63, 3.8) is 0 Å². The monoisotopic (exact) mass is 424 g/mol. The second kappa shape index (κ2) is 8.90. The number of fused-ring (bicyclic) bond motifs is 3. The standard InChI is InChI=1S/C29H32N2O/c1-21-27(11-7-19-30-21)31-28(32)24-13-15-26-23(20-24)12-14-25-10-5-6-17-29(25,26)18-16-22-8-3-2-4-9-22/h2-4,7-9,11,13,15,19-20,25H,5-6,10,12,14,16-18H2,1H3,(H,31,32)/t25?,29-/m0/s1. The van der Waals surface area contributed by atoms with Gasteiger partial charge in [-0.2, -0.15) is 0 Å². The molecule has 2 aliphatic carbocycles. The summed E-state index contributed by atoms with van der Waals surface area (Å²) in [6, 6.07) is 21.2. The van der Waals surface area contributed by atoms with E-state index >= 15 is 0 Å². The Morgan fingerprint density at radius 2 is 1.94 bits per heavy atom. The first kappa shape index (κ1) is 20.9. The number of amides is 1. The van der Waals surface area contributed by atoms with Crippen molar-refractivity contribution in [2.45, 2.75) is 63.7 Å². The highest BCUT2D eigenvalue weighted by Gasteiger charge is 2.45. The average molecular weight is 425 g/mol. The molecule has 2 aromatic carbocycles. The molecule has 3 aromatic rings. The van der Waals surface area contributed by atoms with Crippen LogP contribution in [0.25, 0.3) is 0 Å². The van der Waals surface area contributed by atoms with Crippen molar-refractivity contribution >= 4 is 11.6 Å². The van der Waals surface area contributed by atoms with Gasteiger partial charge in [-0.3, -0.25) is 9.78 Å². The minimum absolute atomic E-state index is 0.0481. The van der Waals surface area contributed by atoms with E-state index in [1.807, 2.05) is 25.1 Å². The highest BCUT2D eigenvalue weighted by atomic mass is 16.1. The summed E-state index contributed by atoms with van der Waals surface area (Å²) in [5, 5.41) is 3.04. The lowest BCUT2D eigenvalue weighted by Gasteiger charge is -2.49. The number of nitrogens with zero attached hydrogens (tertiary/aromatic N) is 1. The molecule has 1 heterocycles. The third kappa shape index (κ3) is 3.97. The molecule has 32 heavy (non-hydrogen) atoms. The fourth-order valence-corrected chi connectivity index (χ4v) is 6.13. The molecule has 1 fully saturated rings. The molecule has 5 rings (SSSR count). The van der Waals surface area contributed by atoms with Gasteiger partial charge in [0, 0.05) is 11.8 Å². The highest BCUT2D eigenvalue weighted by molar-refractivity contribution is 6.04. The van der Waals surface area contributed by atoms with Crippen molar-refractivity contribution in [1.82, 2.24) is 4.98 Å². The average Bonchev–Trinajstić information content (AvgIpc) is 2.84. The Morgan fingerprint density at radius 1 is 1.06 bits per heavy atom. The Hall–Kier alpha value is -2.94. The number of benzene rings is 2. The number of aryl methyl sites for hydroxylation is 3. The molecule has 2 atom stereocenters. The maximum Gasteiger partial charge on any atom is 0.255 e. The van der Waals surface area contributed by atoms with Gasteiger partial charge >= 0.3 is 0 Å². The van der Waals surface area contributed by atoms with Crippen LogP contribution in [0.15, 0.2) is 66.9 Å². The molecule has 0 bridgehead atoms. The van der Waals surface area contributed by atoms with Gasteiger partial charge in [0.05, 0.1) is 11.4 Å². The van der Waals surface area contributed by atoms with Crippen LogP contribution in [0.2, 0.25) is 0 Å². The van der Waals surface area contributed by atoms with E-state index in [-0.39, 0.29) is 11.3 Å². The molecular weight excluding hydrogens is 392 g/mol. The summed E-state index contributed by atoms with van der Waals surface area (Å²) in [7, 11) is 0. The summed E-state index contributed by atoms with van der Waals surface area (Å²) in [6.07, 6.45) is 11.7. The Kier molecular flexibility index (Phi) is 5.82. The summed E-state index contributed by atoms with van der Waals surface area (Å²) in [5.74, 6) is 0.721. The summed E-state index contributed by atoms with van der Waals surface area (Å²) < 4.78 is 0. The van der Waals surface area contributed by atoms with E-state index in [9.17, 15) is 4.79 Å². The summed E-state index contributed by atoms with van der Waals surface area (Å²) in [5.41, 5.74) is 6.95. The fourth-order valence-electron chi connectivity index (χ4n) is 6.13. The Balaban J connectivity index is 1.43. The van der Waals surface area contributed by atoms with Crippen molar-refractivity contribution in [3.8, 4) is 0 Å². The van der Waals surface area contributed by atoms with Crippen molar-refractivity contribution in [3.05, 3.63) is 94.8 Å². The zero-order chi connectivity index (χ0) is 22.0. The lowest BCUT2D eigenvalue weighted by molar-refractivity contribution is 0.102. The second-order valence-electron chi connectivity index (χ2n) is 9.59. The Labute approximate surface area is 191 Å². The molecule has 0 spiro atoms. The topological polar surface area (TPSA) is 42.0 Å². The number of pyridine rings is 1. The van der Waals surface area contributed by atoms with Crippen LogP contribution in [-0.2, 0) is 18.3 Å². The second-order valence-corrected chi connectivity index (χ2v) is 9.59. The van der Waals surface area contributed by atoms with Gasteiger partial charge in [-0.1, -0.05) is 49.2 Å². The number of rotatable bonds is 5. The predicted molar refractivity (Wildman–Crippen MR) is 130 cm³/mol. The number of hydrogen-bond acceptors (Lipinski definition) is 2. The molecule has 0 saturated heterocycles. The number of aromatic nitrogens is 1. The van der Waals surface area contributed by atoms with E-state index in [0.29, 0.717) is 0 Å². The summed E-state index contributed by atoms with van der Waals surface area (Å²) in [4.78, 5) is 17.3. The highest BCUT2D eigenvalue weighted by Crippen LogP contribution is 2.52. The molecule has 1 saturated carbocycles. The number of nitrogens with one attached hydrogen (secondary N) is 1. The third-order valence-electron chi connectivity index (χ3n) is 7.83. The van der Waals surface area contributed by atoms with Gasteiger partial charge in [0.1, 0.15) is 0 Å². The van der Waals surface area contributed by atoms with E-state index in [2.05, 4.69) is 52.8 Å². The van der Waals surface area contributed by atoms with Crippen LogP contribution in [0.5, 0.6) is 0 Å². The van der Waals surface area contributed by atoms with Crippen LogP contribution in [0.4, 0.5) is 5.69 Å².